The van der Waals surface area contributed by atoms with E-state index in [1.807, 2.05) is 6.92 Å². The van der Waals surface area contributed by atoms with Gasteiger partial charge < -0.3 is 0 Å². The summed E-state index contributed by atoms with van der Waals surface area (Å²) in [5, 5.41) is 10.1. The smallest absolute Gasteiger partial charge is 0.180 e. The minimum atomic E-state index is -0.0758. The highest BCUT2D eigenvalue weighted by molar-refractivity contribution is 8.01. The van der Waals surface area contributed by atoms with Crippen LogP contribution in [0.15, 0.2) is 15.4 Å². The molecule has 2 rings (SSSR count). The fourth-order valence-corrected chi connectivity index (χ4v) is 3.37. The van der Waals surface area contributed by atoms with Gasteiger partial charge in [0.1, 0.15) is 15.9 Å². The van der Waals surface area contributed by atoms with Crippen molar-refractivity contribution in [3.8, 4) is 0 Å². The second kappa shape index (κ2) is 5.65. The first-order chi connectivity index (χ1) is 9.55. The zero-order valence-electron chi connectivity index (χ0n) is 13.7. The quantitative estimate of drug-likeness (QED) is 0.768. The number of rotatable bonds is 2. The van der Waals surface area contributed by atoms with Crippen LogP contribution in [-0.4, -0.2) is 20.2 Å². The van der Waals surface area contributed by atoms with Crippen LogP contribution < -0.4 is 0 Å². The average Bonchev–Trinajstić information content (AvgIpc) is 2.72. The third-order valence-electron chi connectivity index (χ3n) is 2.84. The van der Waals surface area contributed by atoms with Crippen molar-refractivity contribution < 1.29 is 0 Å². The Labute approximate surface area is 134 Å². The molecule has 0 aliphatic rings. The van der Waals surface area contributed by atoms with Gasteiger partial charge in [0.2, 0.25) is 0 Å². The average molecular weight is 323 g/mol. The summed E-state index contributed by atoms with van der Waals surface area (Å²) in [6.07, 6.45) is 0. The molecule has 6 heteroatoms. The monoisotopic (exact) mass is 322 g/mol. The van der Waals surface area contributed by atoms with Crippen LogP contribution in [0.25, 0.3) is 0 Å². The molecule has 0 spiro atoms. The maximum absolute atomic E-state index is 4.77. The molecule has 0 saturated heterocycles. The Kier molecular flexibility index (Phi) is 4.40. The number of aryl methyl sites for hydroxylation is 1. The maximum atomic E-state index is 4.77. The molecule has 0 radical (unpaired) electrons. The maximum Gasteiger partial charge on any atom is 0.180 e. The van der Waals surface area contributed by atoms with Gasteiger partial charge in [-0.2, -0.15) is 0 Å². The molecule has 4 nitrogen and oxygen atoms in total. The molecule has 0 unspecified atom stereocenters. The van der Waals surface area contributed by atoms with E-state index in [1.165, 1.54) is 0 Å². The lowest BCUT2D eigenvalue weighted by Gasteiger charge is -2.23. The van der Waals surface area contributed by atoms with Crippen molar-refractivity contribution in [3.05, 3.63) is 22.6 Å². The van der Waals surface area contributed by atoms with Crippen molar-refractivity contribution in [2.45, 2.75) is 68.7 Å². The molecule has 0 fully saturated rings. The van der Waals surface area contributed by atoms with Crippen molar-refractivity contribution in [1.29, 1.82) is 0 Å². The van der Waals surface area contributed by atoms with Crippen LogP contribution in [-0.2, 0) is 10.8 Å². The van der Waals surface area contributed by atoms with E-state index in [4.69, 9.17) is 9.97 Å². The third-order valence-corrected chi connectivity index (χ3v) is 4.65. The van der Waals surface area contributed by atoms with E-state index in [9.17, 15) is 0 Å². The Balaban J connectivity index is 2.45. The zero-order chi connectivity index (χ0) is 15.8. The summed E-state index contributed by atoms with van der Waals surface area (Å²) in [6, 6.07) is 2.07. The van der Waals surface area contributed by atoms with Gasteiger partial charge in [0.15, 0.2) is 4.34 Å². The van der Waals surface area contributed by atoms with Crippen LogP contribution in [0, 0.1) is 6.92 Å². The van der Waals surface area contributed by atoms with Crippen LogP contribution in [0.1, 0.15) is 58.1 Å². The lowest BCUT2D eigenvalue weighted by atomic mass is 9.90. The molecule has 0 N–H and O–H groups in total. The molecule has 0 atom stereocenters. The van der Waals surface area contributed by atoms with Crippen molar-refractivity contribution in [1.82, 2.24) is 20.2 Å². The van der Waals surface area contributed by atoms with Crippen molar-refractivity contribution >= 4 is 23.1 Å². The first-order valence-corrected chi connectivity index (χ1v) is 8.57. The Morgan fingerprint density at radius 2 is 1.62 bits per heavy atom. The topological polar surface area (TPSA) is 51.6 Å². The van der Waals surface area contributed by atoms with Gasteiger partial charge in [0.25, 0.3) is 0 Å². The van der Waals surface area contributed by atoms with E-state index in [0.29, 0.717) is 0 Å². The van der Waals surface area contributed by atoms with Gasteiger partial charge in [0, 0.05) is 10.8 Å². The van der Waals surface area contributed by atoms with E-state index in [2.05, 4.69) is 57.8 Å². The lowest BCUT2D eigenvalue weighted by molar-refractivity contribution is 0.506. The van der Waals surface area contributed by atoms with Crippen LogP contribution in [0.3, 0.4) is 0 Å². The largest absolute Gasteiger partial charge is 0.237 e. The molecule has 0 aromatic carbocycles. The van der Waals surface area contributed by atoms with Crippen LogP contribution in [0.2, 0.25) is 0 Å². The second-order valence-electron chi connectivity index (χ2n) is 7.10. The van der Waals surface area contributed by atoms with Gasteiger partial charge >= 0.3 is 0 Å². The van der Waals surface area contributed by atoms with Gasteiger partial charge in [-0.1, -0.05) is 52.9 Å². The predicted octanol–water partition coefficient (Wildman–Crippen LogP) is 4.38. The standard InChI is InChI=1S/C15H22N4S2/c1-9-18-19-13(20-9)21-11-8-10(14(2,3)4)16-12(17-11)15(5,6)7/h8H,1-7H3. The fourth-order valence-electron chi connectivity index (χ4n) is 1.61. The molecule has 2 heterocycles. The Hall–Kier alpha value is -1.01. The minimum Gasteiger partial charge on any atom is -0.237 e. The molecular weight excluding hydrogens is 300 g/mol. The van der Waals surface area contributed by atoms with Crippen molar-refractivity contribution in [2.75, 3.05) is 0 Å². The SMILES string of the molecule is Cc1nnc(Sc2cc(C(C)(C)C)nc(C(C)(C)C)n2)s1. The van der Waals surface area contributed by atoms with E-state index < -0.39 is 0 Å². The molecule has 0 amide bonds. The highest BCUT2D eigenvalue weighted by Crippen LogP contribution is 2.33. The molecule has 2 aromatic rings. The number of nitrogens with zero attached hydrogens (tertiary/aromatic N) is 4. The predicted molar refractivity (Wildman–Crippen MR) is 88.2 cm³/mol. The van der Waals surface area contributed by atoms with E-state index in [0.717, 1.165) is 25.9 Å². The first kappa shape index (κ1) is 16.4. The summed E-state index contributed by atoms with van der Waals surface area (Å²) in [5.74, 6) is 0.874. The Morgan fingerprint density at radius 1 is 0.952 bits per heavy atom. The second-order valence-corrected chi connectivity index (χ2v) is 9.55. The van der Waals surface area contributed by atoms with E-state index >= 15 is 0 Å². The van der Waals surface area contributed by atoms with Gasteiger partial charge in [-0.15, -0.1) is 10.2 Å². The summed E-state index contributed by atoms with van der Waals surface area (Å²) in [4.78, 5) is 9.48. The van der Waals surface area contributed by atoms with Gasteiger partial charge in [-0.3, -0.25) is 0 Å². The van der Waals surface area contributed by atoms with Gasteiger partial charge in [-0.25, -0.2) is 9.97 Å². The number of aromatic nitrogens is 4. The summed E-state index contributed by atoms with van der Waals surface area (Å²) >= 11 is 3.15. The molecule has 0 bridgehead atoms. The van der Waals surface area contributed by atoms with Gasteiger partial charge in [0.05, 0.1) is 5.69 Å². The normalized spacial score (nSPS) is 12.7. The highest BCUT2D eigenvalue weighted by atomic mass is 32.2. The number of hydrogen-bond donors (Lipinski definition) is 0. The van der Waals surface area contributed by atoms with E-state index in [-0.39, 0.29) is 10.8 Å². The summed E-state index contributed by atoms with van der Waals surface area (Å²) in [6.45, 7) is 14.9. The molecular formula is C15H22N4S2. The molecule has 0 saturated carbocycles. The third kappa shape index (κ3) is 4.23. The van der Waals surface area contributed by atoms with Crippen molar-refractivity contribution in [2.24, 2.45) is 0 Å². The zero-order valence-corrected chi connectivity index (χ0v) is 15.3. The molecule has 114 valence electrons. The summed E-state index contributed by atoms with van der Waals surface area (Å²) in [7, 11) is 0. The molecule has 0 aliphatic heterocycles. The summed E-state index contributed by atoms with van der Waals surface area (Å²) in [5.41, 5.74) is 0.981. The van der Waals surface area contributed by atoms with Gasteiger partial charge in [-0.05, 0) is 24.8 Å². The highest BCUT2D eigenvalue weighted by Gasteiger charge is 2.24. The first-order valence-electron chi connectivity index (χ1n) is 6.94. The minimum absolute atomic E-state index is 0.00467. The van der Waals surface area contributed by atoms with Crippen LogP contribution in [0.5, 0.6) is 0 Å². The molecule has 2 aromatic heterocycles. The van der Waals surface area contributed by atoms with E-state index in [1.54, 1.807) is 23.1 Å². The van der Waals surface area contributed by atoms with Crippen LogP contribution in [0.4, 0.5) is 0 Å². The Morgan fingerprint density at radius 3 is 2.10 bits per heavy atom. The molecule has 21 heavy (non-hydrogen) atoms. The summed E-state index contributed by atoms with van der Waals surface area (Å²) < 4.78 is 0.922. The van der Waals surface area contributed by atoms with Crippen molar-refractivity contribution in [3.63, 3.8) is 0 Å². The molecule has 0 aliphatic carbocycles. The lowest BCUT2D eigenvalue weighted by Crippen LogP contribution is -2.21. The number of hydrogen-bond acceptors (Lipinski definition) is 6. The Bertz CT molecular complexity index is 604. The fraction of sp³-hybridized carbons (Fsp3) is 0.600. The van der Waals surface area contributed by atoms with Crippen LogP contribution >= 0.6 is 23.1 Å².